The van der Waals surface area contributed by atoms with Crippen molar-refractivity contribution in [3.05, 3.63) is 60.2 Å². The van der Waals surface area contributed by atoms with Crippen LogP contribution >= 0.6 is 0 Å². The van der Waals surface area contributed by atoms with Crippen molar-refractivity contribution in [1.29, 1.82) is 0 Å². The first-order valence-corrected chi connectivity index (χ1v) is 8.88. The number of hydrogen-bond donors (Lipinski definition) is 2. The Hall–Kier alpha value is -3.22. The van der Waals surface area contributed by atoms with Crippen molar-refractivity contribution in [3.63, 3.8) is 0 Å². The van der Waals surface area contributed by atoms with Gasteiger partial charge in [0.05, 0.1) is 0 Å². The maximum absolute atomic E-state index is 12.3. The number of phenols is 1. The molecule has 0 aromatic heterocycles. The monoisotopic (exact) mass is 369 g/mol. The summed E-state index contributed by atoms with van der Waals surface area (Å²) in [5, 5.41) is 11.9. The van der Waals surface area contributed by atoms with Gasteiger partial charge in [-0.15, -0.1) is 0 Å². The maximum Gasteiger partial charge on any atom is 0.407 e. The lowest BCUT2D eigenvalue weighted by atomic mass is 10.2. The largest absolute Gasteiger partial charge is 0.508 e. The Morgan fingerprint density at radius 3 is 2.30 bits per heavy atom. The van der Waals surface area contributed by atoms with Gasteiger partial charge in [-0.2, -0.15) is 0 Å². The summed E-state index contributed by atoms with van der Waals surface area (Å²) in [6.07, 6.45) is -0.602. The van der Waals surface area contributed by atoms with Crippen LogP contribution in [0.3, 0.4) is 0 Å². The predicted octanol–water partition coefficient (Wildman–Crippen LogP) is 1.97. The first-order chi connectivity index (χ1) is 13.1. The number of anilines is 1. The van der Waals surface area contributed by atoms with Gasteiger partial charge in [-0.1, -0.05) is 30.3 Å². The van der Waals surface area contributed by atoms with E-state index in [4.69, 9.17) is 4.74 Å². The van der Waals surface area contributed by atoms with Crippen molar-refractivity contribution < 1.29 is 19.4 Å². The van der Waals surface area contributed by atoms with Crippen LogP contribution in [0, 0.1) is 0 Å². The third kappa shape index (κ3) is 5.37. The molecule has 0 unspecified atom stereocenters. The van der Waals surface area contributed by atoms with E-state index in [-0.39, 0.29) is 24.8 Å². The number of carbonyl (C=O) groups is 2. The van der Waals surface area contributed by atoms with Gasteiger partial charge in [-0.05, 0) is 29.8 Å². The SMILES string of the molecule is O=C(NCC(=O)N1CCN(c2ccc(O)cc2)CC1)OCc1ccccc1. The summed E-state index contributed by atoms with van der Waals surface area (Å²) < 4.78 is 5.10. The standard InChI is InChI=1S/C20H23N3O4/c24-18-8-6-17(7-9-18)22-10-12-23(13-11-22)19(25)14-21-20(26)27-15-16-4-2-1-3-5-16/h1-9,24H,10-15H2,(H,21,26). The van der Waals surface area contributed by atoms with Gasteiger partial charge in [0.15, 0.2) is 0 Å². The molecule has 2 amide bonds. The second kappa shape index (κ2) is 8.93. The Morgan fingerprint density at radius 2 is 1.63 bits per heavy atom. The van der Waals surface area contributed by atoms with E-state index in [1.54, 1.807) is 17.0 Å². The number of aromatic hydroxyl groups is 1. The van der Waals surface area contributed by atoms with E-state index in [0.717, 1.165) is 11.3 Å². The van der Waals surface area contributed by atoms with Crippen LogP contribution in [-0.2, 0) is 16.1 Å². The molecule has 2 aromatic rings. The summed E-state index contributed by atoms with van der Waals surface area (Å²) in [7, 11) is 0. The zero-order valence-corrected chi connectivity index (χ0v) is 15.0. The van der Waals surface area contributed by atoms with E-state index < -0.39 is 6.09 Å². The smallest absolute Gasteiger partial charge is 0.407 e. The molecule has 1 aliphatic heterocycles. The molecule has 0 bridgehead atoms. The Balaban J connectivity index is 1.38. The number of benzene rings is 2. The van der Waals surface area contributed by atoms with Crippen LogP contribution in [0.5, 0.6) is 5.75 Å². The average molecular weight is 369 g/mol. The highest BCUT2D eigenvalue weighted by molar-refractivity contribution is 5.82. The van der Waals surface area contributed by atoms with Crippen LogP contribution < -0.4 is 10.2 Å². The number of nitrogens with one attached hydrogen (secondary N) is 1. The maximum atomic E-state index is 12.3. The fourth-order valence-electron chi connectivity index (χ4n) is 2.91. The second-order valence-electron chi connectivity index (χ2n) is 6.30. The molecule has 0 aliphatic carbocycles. The molecular formula is C20H23N3O4. The quantitative estimate of drug-likeness (QED) is 0.842. The molecule has 0 radical (unpaired) electrons. The van der Waals surface area contributed by atoms with E-state index >= 15 is 0 Å². The minimum absolute atomic E-state index is 0.0766. The summed E-state index contributed by atoms with van der Waals surface area (Å²) in [6, 6.07) is 16.4. The van der Waals surface area contributed by atoms with Crippen molar-refractivity contribution >= 4 is 17.7 Å². The number of ether oxygens (including phenoxy) is 1. The molecule has 7 nitrogen and oxygen atoms in total. The first kappa shape index (κ1) is 18.6. The molecule has 142 valence electrons. The number of alkyl carbamates (subject to hydrolysis) is 1. The lowest BCUT2D eigenvalue weighted by Gasteiger charge is -2.36. The molecule has 1 aliphatic rings. The van der Waals surface area contributed by atoms with Gasteiger partial charge >= 0.3 is 6.09 Å². The lowest BCUT2D eigenvalue weighted by Crippen LogP contribution is -2.51. The Kier molecular flexibility index (Phi) is 6.14. The van der Waals surface area contributed by atoms with Crippen molar-refractivity contribution in [1.82, 2.24) is 10.2 Å². The number of carbonyl (C=O) groups excluding carboxylic acids is 2. The fraction of sp³-hybridized carbons (Fsp3) is 0.300. The molecule has 7 heteroatoms. The topological polar surface area (TPSA) is 82.1 Å². The van der Waals surface area contributed by atoms with Crippen LogP contribution in [0.25, 0.3) is 0 Å². The minimum Gasteiger partial charge on any atom is -0.508 e. The van der Waals surface area contributed by atoms with E-state index in [1.807, 2.05) is 42.5 Å². The lowest BCUT2D eigenvalue weighted by molar-refractivity contribution is -0.130. The van der Waals surface area contributed by atoms with Gasteiger partial charge in [0.25, 0.3) is 0 Å². The number of phenolic OH excluding ortho intramolecular Hbond substituents is 1. The van der Waals surface area contributed by atoms with Crippen molar-refractivity contribution in [2.24, 2.45) is 0 Å². The third-order valence-corrected chi connectivity index (χ3v) is 4.44. The van der Waals surface area contributed by atoms with Gasteiger partial charge in [0.1, 0.15) is 18.9 Å². The Labute approximate surface area is 158 Å². The van der Waals surface area contributed by atoms with Crippen LogP contribution in [0.2, 0.25) is 0 Å². The highest BCUT2D eigenvalue weighted by atomic mass is 16.5. The van der Waals surface area contributed by atoms with Crippen molar-refractivity contribution in [2.45, 2.75) is 6.61 Å². The van der Waals surface area contributed by atoms with Crippen LogP contribution in [0.15, 0.2) is 54.6 Å². The molecular weight excluding hydrogens is 346 g/mol. The predicted molar refractivity (Wildman–Crippen MR) is 102 cm³/mol. The number of nitrogens with zero attached hydrogens (tertiary/aromatic N) is 2. The molecule has 1 saturated heterocycles. The minimum atomic E-state index is -0.602. The summed E-state index contributed by atoms with van der Waals surface area (Å²) in [4.78, 5) is 27.9. The molecule has 2 N–H and O–H groups in total. The summed E-state index contributed by atoms with van der Waals surface area (Å²) in [6.45, 7) is 2.67. The third-order valence-electron chi connectivity index (χ3n) is 4.44. The summed E-state index contributed by atoms with van der Waals surface area (Å²) in [5.41, 5.74) is 1.91. The van der Waals surface area contributed by atoms with Crippen molar-refractivity contribution in [2.75, 3.05) is 37.6 Å². The first-order valence-electron chi connectivity index (χ1n) is 8.88. The number of amides is 2. The van der Waals surface area contributed by atoms with Gasteiger partial charge in [0.2, 0.25) is 5.91 Å². The molecule has 0 saturated carbocycles. The average Bonchev–Trinajstić information content (AvgIpc) is 2.72. The fourth-order valence-corrected chi connectivity index (χ4v) is 2.91. The molecule has 1 fully saturated rings. The summed E-state index contributed by atoms with van der Waals surface area (Å²) >= 11 is 0. The number of piperazine rings is 1. The molecule has 2 aromatic carbocycles. The van der Waals surface area contributed by atoms with Gasteiger partial charge in [-0.25, -0.2) is 4.79 Å². The second-order valence-corrected chi connectivity index (χ2v) is 6.30. The Morgan fingerprint density at radius 1 is 0.963 bits per heavy atom. The van der Waals surface area contributed by atoms with Gasteiger partial charge < -0.3 is 25.0 Å². The zero-order valence-electron chi connectivity index (χ0n) is 15.0. The summed E-state index contributed by atoms with van der Waals surface area (Å²) in [5.74, 6) is 0.106. The molecule has 27 heavy (non-hydrogen) atoms. The van der Waals surface area contributed by atoms with E-state index in [9.17, 15) is 14.7 Å². The highest BCUT2D eigenvalue weighted by Crippen LogP contribution is 2.19. The van der Waals surface area contributed by atoms with E-state index in [0.29, 0.717) is 26.2 Å². The molecule has 3 rings (SSSR count). The highest BCUT2D eigenvalue weighted by Gasteiger charge is 2.21. The zero-order chi connectivity index (χ0) is 19.1. The van der Waals surface area contributed by atoms with Crippen molar-refractivity contribution in [3.8, 4) is 5.75 Å². The normalized spacial score (nSPS) is 13.9. The van der Waals surface area contributed by atoms with Crippen LogP contribution in [0.1, 0.15) is 5.56 Å². The van der Waals surface area contributed by atoms with Crippen LogP contribution in [-0.4, -0.2) is 54.7 Å². The molecule has 0 spiro atoms. The van der Waals surface area contributed by atoms with Crippen LogP contribution in [0.4, 0.5) is 10.5 Å². The molecule has 0 atom stereocenters. The van der Waals surface area contributed by atoms with E-state index in [2.05, 4.69) is 10.2 Å². The molecule has 1 heterocycles. The van der Waals surface area contributed by atoms with E-state index in [1.165, 1.54) is 0 Å². The number of rotatable bonds is 5. The Bertz CT molecular complexity index is 757. The number of hydrogen-bond acceptors (Lipinski definition) is 5. The van der Waals surface area contributed by atoms with Gasteiger partial charge in [0, 0.05) is 31.9 Å². The van der Waals surface area contributed by atoms with Gasteiger partial charge in [-0.3, -0.25) is 4.79 Å².